The van der Waals surface area contributed by atoms with Gasteiger partial charge in [0.1, 0.15) is 17.3 Å². The van der Waals surface area contributed by atoms with E-state index in [-0.39, 0.29) is 23.2 Å². The van der Waals surface area contributed by atoms with Crippen LogP contribution in [0.4, 0.5) is 20.2 Å². The van der Waals surface area contributed by atoms with Crippen molar-refractivity contribution in [2.45, 2.75) is 4.90 Å². The number of carbonyl (C=O) groups is 3. The first-order valence-electron chi connectivity index (χ1n) is 11.8. The first-order chi connectivity index (χ1) is 18.9. The quantitative estimate of drug-likeness (QED) is 0.176. The van der Waals surface area contributed by atoms with Crippen LogP contribution in [0.3, 0.4) is 0 Å². The molecule has 0 spiro atoms. The average molecular weight is 544 g/mol. The Morgan fingerprint density at radius 1 is 0.692 bits per heavy atom. The third-order valence-corrected chi connectivity index (χ3v) is 6.33. The summed E-state index contributed by atoms with van der Waals surface area (Å²) >= 11 is 1.30. The molecule has 6 nitrogen and oxygen atoms in total. The van der Waals surface area contributed by atoms with Gasteiger partial charge >= 0.3 is 0 Å². The molecule has 4 aromatic rings. The van der Waals surface area contributed by atoms with E-state index in [0.717, 1.165) is 4.90 Å². The predicted octanol–water partition coefficient (Wildman–Crippen LogP) is 6.11. The lowest BCUT2D eigenvalue weighted by molar-refractivity contribution is -0.114. The minimum absolute atomic E-state index is 0.0219. The van der Waals surface area contributed by atoms with Gasteiger partial charge in [-0.3, -0.25) is 14.4 Å². The van der Waals surface area contributed by atoms with Gasteiger partial charge in [0, 0.05) is 21.8 Å². The third kappa shape index (κ3) is 8.37. The van der Waals surface area contributed by atoms with Crippen LogP contribution < -0.4 is 16.0 Å². The topological polar surface area (TPSA) is 87.3 Å². The van der Waals surface area contributed by atoms with Crippen molar-refractivity contribution in [1.82, 2.24) is 5.32 Å². The van der Waals surface area contributed by atoms with Gasteiger partial charge in [0.2, 0.25) is 5.91 Å². The van der Waals surface area contributed by atoms with Crippen LogP contribution in [0.25, 0.3) is 6.08 Å². The van der Waals surface area contributed by atoms with Crippen LogP contribution in [0.2, 0.25) is 0 Å². The second-order valence-electron chi connectivity index (χ2n) is 8.25. The number of halogens is 2. The number of nitrogens with one attached hydrogen (secondary N) is 3. The van der Waals surface area contributed by atoms with E-state index in [1.807, 2.05) is 0 Å². The first kappa shape index (κ1) is 27.3. The lowest BCUT2D eigenvalue weighted by Gasteiger charge is -2.12. The van der Waals surface area contributed by atoms with E-state index < -0.39 is 17.6 Å². The number of hydrogen-bond donors (Lipinski definition) is 3. The van der Waals surface area contributed by atoms with Crippen molar-refractivity contribution in [2.24, 2.45) is 0 Å². The molecule has 0 aromatic heterocycles. The first-order valence-corrected chi connectivity index (χ1v) is 12.8. The Bertz CT molecular complexity index is 1480. The van der Waals surface area contributed by atoms with Gasteiger partial charge in [-0.1, -0.05) is 30.3 Å². The molecule has 0 radical (unpaired) electrons. The zero-order valence-corrected chi connectivity index (χ0v) is 21.3. The maximum absolute atomic E-state index is 13.3. The van der Waals surface area contributed by atoms with Crippen molar-refractivity contribution in [1.29, 1.82) is 0 Å². The standard InChI is InChI=1S/C30H23F2N3O3S/c31-22-8-6-20(7-9-22)18-27(35-29(37)21-4-2-1-3-5-21)30(38)34-25-14-16-26(17-15-25)39-19-28(36)33-24-12-10-23(32)11-13-24/h1-18H,19H2,(H,33,36)(H,34,38)(H,35,37)/b27-18-. The molecule has 0 aliphatic heterocycles. The van der Waals surface area contributed by atoms with Crippen LogP contribution in [-0.4, -0.2) is 23.5 Å². The number of benzene rings is 4. The minimum atomic E-state index is -0.567. The lowest BCUT2D eigenvalue weighted by atomic mass is 10.1. The second kappa shape index (κ2) is 13.2. The molecule has 0 saturated heterocycles. The highest BCUT2D eigenvalue weighted by molar-refractivity contribution is 8.00. The SMILES string of the molecule is O=C(CSc1ccc(NC(=O)/C(=C/c2ccc(F)cc2)NC(=O)c2ccccc2)cc1)Nc1ccc(F)cc1. The fourth-order valence-electron chi connectivity index (χ4n) is 3.38. The summed E-state index contributed by atoms with van der Waals surface area (Å²) in [7, 11) is 0. The monoisotopic (exact) mass is 543 g/mol. The number of carbonyl (C=O) groups excluding carboxylic acids is 3. The minimum Gasteiger partial charge on any atom is -0.325 e. The molecule has 0 saturated carbocycles. The Balaban J connectivity index is 1.39. The molecule has 0 fully saturated rings. The molecule has 39 heavy (non-hydrogen) atoms. The number of anilines is 2. The maximum atomic E-state index is 13.3. The molecule has 0 aliphatic rings. The van der Waals surface area contributed by atoms with Gasteiger partial charge in [0.15, 0.2) is 0 Å². The summed E-state index contributed by atoms with van der Waals surface area (Å²) in [5.41, 5.74) is 1.86. The normalized spacial score (nSPS) is 11.0. The van der Waals surface area contributed by atoms with Gasteiger partial charge in [-0.15, -0.1) is 11.8 Å². The smallest absolute Gasteiger partial charge is 0.272 e. The van der Waals surface area contributed by atoms with E-state index in [1.54, 1.807) is 54.6 Å². The van der Waals surface area contributed by atoms with Crippen molar-refractivity contribution in [3.8, 4) is 0 Å². The summed E-state index contributed by atoms with van der Waals surface area (Å²) in [5, 5.41) is 8.07. The fourth-order valence-corrected chi connectivity index (χ4v) is 4.08. The van der Waals surface area contributed by atoms with Crippen molar-refractivity contribution in [3.05, 3.63) is 132 Å². The predicted molar refractivity (Wildman–Crippen MR) is 149 cm³/mol. The Kier molecular flexibility index (Phi) is 9.20. The molecule has 196 valence electrons. The molecule has 3 amide bonds. The van der Waals surface area contributed by atoms with Gasteiger partial charge in [-0.2, -0.15) is 0 Å². The van der Waals surface area contributed by atoms with E-state index in [9.17, 15) is 23.2 Å². The summed E-state index contributed by atoms with van der Waals surface area (Å²) in [6.45, 7) is 0. The number of hydrogen-bond acceptors (Lipinski definition) is 4. The van der Waals surface area contributed by atoms with Crippen LogP contribution in [-0.2, 0) is 9.59 Å². The zero-order chi connectivity index (χ0) is 27.6. The maximum Gasteiger partial charge on any atom is 0.272 e. The number of thioether (sulfide) groups is 1. The third-order valence-electron chi connectivity index (χ3n) is 5.32. The average Bonchev–Trinajstić information content (AvgIpc) is 2.95. The van der Waals surface area contributed by atoms with Gasteiger partial charge in [-0.25, -0.2) is 8.78 Å². The van der Waals surface area contributed by atoms with E-state index in [1.165, 1.54) is 66.4 Å². The summed E-state index contributed by atoms with van der Waals surface area (Å²) in [6.07, 6.45) is 1.46. The van der Waals surface area contributed by atoms with Crippen LogP contribution in [0.5, 0.6) is 0 Å². The number of rotatable bonds is 9. The molecule has 0 heterocycles. The molecule has 0 unspecified atom stereocenters. The Morgan fingerprint density at radius 3 is 1.90 bits per heavy atom. The second-order valence-corrected chi connectivity index (χ2v) is 9.30. The highest BCUT2D eigenvalue weighted by atomic mass is 32.2. The van der Waals surface area contributed by atoms with Crippen molar-refractivity contribution in [2.75, 3.05) is 16.4 Å². The van der Waals surface area contributed by atoms with Crippen molar-refractivity contribution < 1.29 is 23.2 Å². The molecular formula is C30H23F2N3O3S. The van der Waals surface area contributed by atoms with Crippen LogP contribution in [0.1, 0.15) is 15.9 Å². The highest BCUT2D eigenvalue weighted by Crippen LogP contribution is 2.21. The van der Waals surface area contributed by atoms with Crippen LogP contribution >= 0.6 is 11.8 Å². The Morgan fingerprint density at radius 2 is 1.26 bits per heavy atom. The van der Waals surface area contributed by atoms with Crippen molar-refractivity contribution in [3.63, 3.8) is 0 Å². The molecule has 9 heteroatoms. The van der Waals surface area contributed by atoms with Gasteiger partial charge in [0.05, 0.1) is 5.75 Å². The zero-order valence-electron chi connectivity index (χ0n) is 20.5. The largest absolute Gasteiger partial charge is 0.325 e. The van der Waals surface area contributed by atoms with Gasteiger partial charge < -0.3 is 16.0 Å². The molecular weight excluding hydrogens is 520 g/mol. The summed E-state index contributed by atoms with van der Waals surface area (Å²) in [4.78, 5) is 38.8. The summed E-state index contributed by atoms with van der Waals surface area (Å²) < 4.78 is 26.3. The molecule has 4 aromatic carbocycles. The van der Waals surface area contributed by atoms with Crippen LogP contribution in [0.15, 0.2) is 114 Å². The molecule has 4 rings (SSSR count). The van der Waals surface area contributed by atoms with E-state index >= 15 is 0 Å². The summed E-state index contributed by atoms with van der Waals surface area (Å²) in [5.74, 6) is -1.94. The number of amides is 3. The Labute approximate surface area is 228 Å². The van der Waals surface area contributed by atoms with Gasteiger partial charge in [-0.05, 0) is 84.4 Å². The van der Waals surface area contributed by atoms with E-state index in [2.05, 4.69) is 16.0 Å². The van der Waals surface area contributed by atoms with E-state index in [4.69, 9.17) is 0 Å². The van der Waals surface area contributed by atoms with Crippen LogP contribution in [0, 0.1) is 11.6 Å². The fraction of sp³-hybridized carbons (Fsp3) is 0.0333. The molecule has 0 aliphatic carbocycles. The molecule has 3 N–H and O–H groups in total. The van der Waals surface area contributed by atoms with Crippen molar-refractivity contribution >= 4 is 46.9 Å². The van der Waals surface area contributed by atoms with Gasteiger partial charge in [0.25, 0.3) is 11.8 Å². The summed E-state index contributed by atoms with van der Waals surface area (Å²) in [6, 6.07) is 26.3. The Hall–Kier alpha value is -4.76. The lowest BCUT2D eigenvalue weighted by Crippen LogP contribution is -2.30. The molecule has 0 bridgehead atoms. The molecule has 0 atom stereocenters. The van der Waals surface area contributed by atoms with E-state index in [0.29, 0.717) is 22.5 Å². The highest BCUT2D eigenvalue weighted by Gasteiger charge is 2.15.